The van der Waals surface area contributed by atoms with Gasteiger partial charge in [-0.25, -0.2) is 0 Å². The molecule has 1 unspecified atom stereocenters. The van der Waals surface area contributed by atoms with E-state index in [4.69, 9.17) is 0 Å². The van der Waals surface area contributed by atoms with Crippen LogP contribution in [0, 0.1) is 0 Å². The Morgan fingerprint density at radius 3 is 2.39 bits per heavy atom. The van der Waals surface area contributed by atoms with E-state index >= 15 is 0 Å². The highest BCUT2D eigenvalue weighted by Gasteiger charge is 2.21. The van der Waals surface area contributed by atoms with Crippen molar-refractivity contribution in [1.29, 1.82) is 0 Å². The molecule has 92 valence electrons. The van der Waals surface area contributed by atoms with E-state index in [0.29, 0.717) is 0 Å². The summed E-state index contributed by atoms with van der Waals surface area (Å²) < 4.78 is 0. The largest absolute Gasteiger partial charge is 0.396 e. The van der Waals surface area contributed by atoms with Gasteiger partial charge < -0.3 is 5.11 Å². The van der Waals surface area contributed by atoms with E-state index in [0.717, 1.165) is 5.75 Å². The van der Waals surface area contributed by atoms with Crippen LogP contribution in [0.4, 0.5) is 0 Å². The van der Waals surface area contributed by atoms with Gasteiger partial charge in [-0.05, 0) is 33.1 Å². The molecule has 1 nitrogen and oxygen atoms in total. The first-order chi connectivity index (χ1) is 8.90. The van der Waals surface area contributed by atoms with Gasteiger partial charge in [-0.15, -0.1) is 0 Å². The summed E-state index contributed by atoms with van der Waals surface area (Å²) in [5.74, 6) is 0.854. The van der Waals surface area contributed by atoms with Gasteiger partial charge in [-0.3, -0.25) is 0 Å². The summed E-state index contributed by atoms with van der Waals surface area (Å²) in [7, 11) is -0.390. The van der Waals surface area contributed by atoms with Gasteiger partial charge in [0.15, 0.2) is 0 Å². The fraction of sp³-hybridized carbons (Fsp3) is 0.125. The van der Waals surface area contributed by atoms with E-state index in [2.05, 4.69) is 54.6 Å². The Morgan fingerprint density at radius 2 is 1.61 bits per heavy atom. The van der Waals surface area contributed by atoms with Gasteiger partial charge in [0, 0.05) is 5.75 Å². The van der Waals surface area contributed by atoms with Crippen LogP contribution in [-0.2, 0) is 0 Å². The Morgan fingerprint density at radius 1 is 0.889 bits per heavy atom. The minimum absolute atomic E-state index is 0.254. The molecule has 1 N–H and O–H groups in total. The summed E-state index contributed by atoms with van der Waals surface area (Å²) in [5.41, 5.74) is 2.60. The van der Waals surface area contributed by atoms with Crippen molar-refractivity contribution >= 4 is 21.9 Å². The highest BCUT2D eigenvalue weighted by molar-refractivity contribution is 8.25. The van der Waals surface area contributed by atoms with Gasteiger partial charge >= 0.3 is 0 Å². The molecule has 3 rings (SSSR count). The van der Waals surface area contributed by atoms with Crippen molar-refractivity contribution in [2.45, 2.75) is 4.90 Å². The zero-order valence-electron chi connectivity index (χ0n) is 10.1. The molecule has 1 heterocycles. The summed E-state index contributed by atoms with van der Waals surface area (Å²) in [6.45, 7) is 0.254. The molecule has 1 aliphatic rings. The Labute approximate surface area is 110 Å². The lowest BCUT2D eigenvalue weighted by Gasteiger charge is -2.20. The van der Waals surface area contributed by atoms with Crippen LogP contribution in [0.5, 0.6) is 0 Å². The van der Waals surface area contributed by atoms with Gasteiger partial charge in [0.05, 0.1) is 6.61 Å². The Kier molecular flexibility index (Phi) is 3.22. The third kappa shape index (κ3) is 1.98. The Balaban J connectivity index is 2.06. The van der Waals surface area contributed by atoms with Crippen LogP contribution in [0.25, 0.3) is 11.0 Å². The van der Waals surface area contributed by atoms with Crippen molar-refractivity contribution in [1.82, 2.24) is 0 Å². The minimum atomic E-state index is -0.390. The second kappa shape index (κ2) is 5.01. The molecule has 18 heavy (non-hydrogen) atoms. The second-order valence-corrected chi connectivity index (χ2v) is 6.60. The molecular weight excluding hydrogens is 240 g/mol. The highest BCUT2D eigenvalue weighted by Crippen LogP contribution is 2.55. The van der Waals surface area contributed by atoms with E-state index in [9.17, 15) is 5.11 Å². The number of benzene rings is 2. The lowest BCUT2D eigenvalue weighted by Crippen LogP contribution is -1.95. The van der Waals surface area contributed by atoms with E-state index < -0.39 is 0 Å². The molecule has 2 aromatic carbocycles. The molecule has 0 radical (unpaired) electrons. The van der Waals surface area contributed by atoms with Crippen LogP contribution in [0.2, 0.25) is 0 Å². The zero-order chi connectivity index (χ0) is 12.4. The molecule has 0 aliphatic carbocycles. The van der Waals surface area contributed by atoms with E-state index in [1.165, 1.54) is 20.9 Å². The van der Waals surface area contributed by atoms with Crippen molar-refractivity contribution in [3.05, 3.63) is 65.7 Å². The molecule has 0 bridgehead atoms. The van der Waals surface area contributed by atoms with Crippen molar-refractivity contribution < 1.29 is 5.11 Å². The molecule has 0 saturated heterocycles. The SMILES string of the molecule is OCC[SH]1C(c2ccccc2)=Cc2ccccc21. The molecule has 1 atom stereocenters. The Bertz CT molecular complexity index is 575. The van der Waals surface area contributed by atoms with Crippen LogP contribution in [0.1, 0.15) is 11.1 Å². The second-order valence-electron chi connectivity index (χ2n) is 4.33. The van der Waals surface area contributed by atoms with Gasteiger partial charge in [0.2, 0.25) is 0 Å². The number of aliphatic hydroxyl groups excluding tert-OH is 1. The molecule has 2 heteroatoms. The van der Waals surface area contributed by atoms with Gasteiger partial charge in [-0.2, -0.15) is 10.9 Å². The van der Waals surface area contributed by atoms with E-state index in [-0.39, 0.29) is 17.5 Å². The van der Waals surface area contributed by atoms with Crippen LogP contribution < -0.4 is 0 Å². The third-order valence-electron chi connectivity index (χ3n) is 3.20. The normalized spacial score (nSPS) is 19.4. The monoisotopic (exact) mass is 256 g/mol. The topological polar surface area (TPSA) is 20.2 Å². The standard InChI is InChI=1S/C16H16OS/c17-10-11-18-15-9-5-4-8-14(15)12-16(18)13-6-2-1-3-7-13/h1-9,12,17-18H,10-11H2. The molecule has 0 spiro atoms. The lowest BCUT2D eigenvalue weighted by molar-refractivity contribution is 0.322. The van der Waals surface area contributed by atoms with E-state index in [1.54, 1.807) is 0 Å². The number of hydrogen-bond acceptors (Lipinski definition) is 1. The van der Waals surface area contributed by atoms with Crippen molar-refractivity contribution in [2.24, 2.45) is 0 Å². The molecule has 0 amide bonds. The maximum atomic E-state index is 9.31. The van der Waals surface area contributed by atoms with Crippen LogP contribution in [-0.4, -0.2) is 17.5 Å². The van der Waals surface area contributed by atoms with Crippen molar-refractivity contribution in [3.8, 4) is 0 Å². The average Bonchev–Trinajstić information content (AvgIpc) is 2.80. The third-order valence-corrected chi connectivity index (χ3v) is 5.81. The summed E-state index contributed by atoms with van der Waals surface area (Å²) in [6.07, 6.45) is 2.28. The number of rotatable bonds is 3. The minimum Gasteiger partial charge on any atom is -0.396 e. The predicted octanol–water partition coefficient (Wildman–Crippen LogP) is 3.55. The van der Waals surface area contributed by atoms with Gasteiger partial charge in [-0.1, -0.05) is 48.5 Å². The van der Waals surface area contributed by atoms with Crippen molar-refractivity contribution in [2.75, 3.05) is 12.4 Å². The first-order valence-corrected chi connectivity index (χ1v) is 7.67. The molecule has 2 aromatic rings. The average molecular weight is 256 g/mol. The molecule has 0 saturated carbocycles. The number of fused-ring (bicyclic) bond motifs is 1. The summed E-state index contributed by atoms with van der Waals surface area (Å²) >= 11 is 0. The lowest BCUT2D eigenvalue weighted by atomic mass is 10.1. The fourth-order valence-corrected chi connectivity index (χ4v) is 4.81. The predicted molar refractivity (Wildman–Crippen MR) is 80.0 cm³/mol. The molecule has 1 aliphatic heterocycles. The van der Waals surface area contributed by atoms with Crippen LogP contribution >= 0.6 is 10.9 Å². The van der Waals surface area contributed by atoms with Gasteiger partial charge in [0.1, 0.15) is 0 Å². The summed E-state index contributed by atoms with van der Waals surface area (Å²) in [4.78, 5) is 2.79. The first-order valence-electron chi connectivity index (χ1n) is 6.15. The zero-order valence-corrected chi connectivity index (χ0v) is 11.0. The maximum Gasteiger partial charge on any atom is 0.0511 e. The highest BCUT2D eigenvalue weighted by atomic mass is 32.2. The number of aliphatic hydroxyl groups is 1. The summed E-state index contributed by atoms with van der Waals surface area (Å²) in [6, 6.07) is 19.0. The molecule has 0 fully saturated rings. The Hall–Kier alpha value is -1.51. The van der Waals surface area contributed by atoms with Gasteiger partial charge in [0.25, 0.3) is 0 Å². The smallest absolute Gasteiger partial charge is 0.0511 e. The fourth-order valence-electron chi connectivity index (χ4n) is 2.40. The quantitative estimate of drug-likeness (QED) is 0.805. The van der Waals surface area contributed by atoms with Crippen LogP contribution in [0.3, 0.4) is 0 Å². The van der Waals surface area contributed by atoms with Crippen LogP contribution in [0.15, 0.2) is 59.5 Å². The molecular formula is C16H16OS. The van der Waals surface area contributed by atoms with Crippen molar-refractivity contribution in [3.63, 3.8) is 0 Å². The number of hydrogen-bond donors (Lipinski definition) is 2. The number of thiol groups is 1. The summed E-state index contributed by atoms with van der Waals surface area (Å²) in [5, 5.41) is 9.31. The van der Waals surface area contributed by atoms with E-state index in [1.807, 2.05) is 6.07 Å². The molecule has 0 aromatic heterocycles. The first kappa shape index (κ1) is 11.6. The maximum absolute atomic E-state index is 9.31.